The van der Waals surface area contributed by atoms with Crippen molar-refractivity contribution in [3.05, 3.63) is 23.8 Å². The van der Waals surface area contributed by atoms with Crippen molar-refractivity contribution in [1.82, 2.24) is 10.2 Å². The molecule has 3 rings (SSSR count). The Bertz CT molecular complexity index is 431. The van der Waals surface area contributed by atoms with Crippen LogP contribution in [0.1, 0.15) is 18.4 Å². The average molecular weight is 306 g/mol. The lowest BCUT2D eigenvalue weighted by Crippen LogP contribution is -2.42. The molecule has 0 spiro atoms. The van der Waals surface area contributed by atoms with Crippen molar-refractivity contribution in [3.8, 4) is 11.5 Å². The molecule has 0 bridgehead atoms. The van der Waals surface area contributed by atoms with Crippen LogP contribution in [0.2, 0.25) is 0 Å². The second-order valence-electron chi connectivity index (χ2n) is 5.93. The number of nitrogens with zero attached hydrogens (tertiary/aromatic N) is 1. The van der Waals surface area contributed by atoms with Crippen molar-refractivity contribution in [1.29, 1.82) is 0 Å². The Morgan fingerprint density at radius 1 is 1.32 bits per heavy atom. The van der Waals surface area contributed by atoms with Crippen LogP contribution in [0.15, 0.2) is 18.2 Å². The van der Waals surface area contributed by atoms with Gasteiger partial charge in [0.2, 0.25) is 0 Å². The number of rotatable bonds is 5. The molecule has 1 atom stereocenters. The van der Waals surface area contributed by atoms with Gasteiger partial charge in [0.1, 0.15) is 6.10 Å². The molecule has 0 aliphatic carbocycles. The second-order valence-corrected chi connectivity index (χ2v) is 5.93. The summed E-state index contributed by atoms with van der Waals surface area (Å²) in [6.45, 7) is 6.68. The molecule has 0 radical (unpaired) electrons. The first kappa shape index (κ1) is 15.6. The Hall–Kier alpha value is -1.30. The van der Waals surface area contributed by atoms with Crippen LogP contribution in [0.25, 0.3) is 0 Å². The molecular weight excluding hydrogens is 280 g/mol. The minimum Gasteiger partial charge on any atom is -0.493 e. The quantitative estimate of drug-likeness (QED) is 0.896. The summed E-state index contributed by atoms with van der Waals surface area (Å²) in [4.78, 5) is 2.45. The second kappa shape index (κ2) is 7.81. The van der Waals surface area contributed by atoms with E-state index in [-0.39, 0.29) is 6.10 Å². The highest BCUT2D eigenvalue weighted by Crippen LogP contribution is 2.33. The summed E-state index contributed by atoms with van der Waals surface area (Å²) < 4.78 is 17.3. The molecule has 5 heteroatoms. The van der Waals surface area contributed by atoms with Crippen molar-refractivity contribution in [2.24, 2.45) is 0 Å². The van der Waals surface area contributed by atoms with Crippen LogP contribution >= 0.6 is 0 Å². The maximum atomic E-state index is 6.13. The molecule has 1 aromatic rings. The molecule has 122 valence electrons. The number of ether oxygens (including phenoxy) is 3. The first-order valence-electron chi connectivity index (χ1n) is 8.20. The standard InChI is InChI=1S/C17H26N2O3/c1-20-17-14(12-19-9-7-18-8-10-19)4-2-6-16(17)22-15-5-3-11-21-13-15/h2,4,6,15,18H,3,5,7-13H2,1H3. The summed E-state index contributed by atoms with van der Waals surface area (Å²) in [5.41, 5.74) is 1.19. The normalized spacial score (nSPS) is 23.2. The van der Waals surface area contributed by atoms with Gasteiger partial charge in [-0.1, -0.05) is 12.1 Å². The lowest BCUT2D eigenvalue weighted by atomic mass is 10.1. The summed E-state index contributed by atoms with van der Waals surface area (Å²) in [5.74, 6) is 1.71. The highest BCUT2D eigenvalue weighted by molar-refractivity contribution is 5.46. The fraction of sp³-hybridized carbons (Fsp3) is 0.647. The summed E-state index contributed by atoms with van der Waals surface area (Å²) >= 11 is 0. The largest absolute Gasteiger partial charge is 0.493 e. The third-order valence-electron chi connectivity index (χ3n) is 4.28. The van der Waals surface area contributed by atoms with Crippen molar-refractivity contribution in [2.45, 2.75) is 25.5 Å². The Morgan fingerprint density at radius 2 is 2.18 bits per heavy atom. The molecule has 2 saturated heterocycles. The first-order chi connectivity index (χ1) is 10.9. The number of hydrogen-bond donors (Lipinski definition) is 1. The predicted molar refractivity (Wildman–Crippen MR) is 85.6 cm³/mol. The topological polar surface area (TPSA) is 43.0 Å². The van der Waals surface area contributed by atoms with E-state index in [4.69, 9.17) is 14.2 Å². The van der Waals surface area contributed by atoms with Gasteiger partial charge < -0.3 is 19.5 Å². The van der Waals surface area contributed by atoms with E-state index < -0.39 is 0 Å². The highest BCUT2D eigenvalue weighted by Gasteiger charge is 2.20. The summed E-state index contributed by atoms with van der Waals surface area (Å²) in [6, 6.07) is 6.18. The van der Waals surface area contributed by atoms with E-state index in [0.717, 1.165) is 63.7 Å². The Labute approximate surface area is 132 Å². The third kappa shape index (κ3) is 3.91. The van der Waals surface area contributed by atoms with E-state index >= 15 is 0 Å². The van der Waals surface area contributed by atoms with Crippen LogP contribution in [-0.4, -0.2) is 57.5 Å². The van der Waals surface area contributed by atoms with Gasteiger partial charge in [0, 0.05) is 44.9 Å². The zero-order chi connectivity index (χ0) is 15.2. The summed E-state index contributed by atoms with van der Waals surface area (Å²) in [6.07, 6.45) is 2.25. The van der Waals surface area contributed by atoms with Gasteiger partial charge in [0.25, 0.3) is 0 Å². The SMILES string of the molecule is COc1c(CN2CCNCC2)cccc1OC1CCCOC1. The third-order valence-corrected chi connectivity index (χ3v) is 4.28. The van der Waals surface area contributed by atoms with Gasteiger partial charge >= 0.3 is 0 Å². The zero-order valence-corrected chi connectivity index (χ0v) is 13.3. The molecule has 22 heavy (non-hydrogen) atoms. The molecule has 2 aliphatic heterocycles. The van der Waals surface area contributed by atoms with E-state index in [0.29, 0.717) is 6.61 Å². The first-order valence-corrected chi connectivity index (χ1v) is 8.20. The lowest BCUT2D eigenvalue weighted by molar-refractivity contribution is 0.00635. The number of piperazine rings is 1. The number of para-hydroxylation sites is 1. The maximum absolute atomic E-state index is 6.13. The van der Waals surface area contributed by atoms with Gasteiger partial charge in [-0.2, -0.15) is 0 Å². The van der Waals surface area contributed by atoms with Crippen molar-refractivity contribution in [2.75, 3.05) is 46.5 Å². The van der Waals surface area contributed by atoms with Gasteiger partial charge in [-0.15, -0.1) is 0 Å². The van der Waals surface area contributed by atoms with Crippen molar-refractivity contribution >= 4 is 0 Å². The average Bonchev–Trinajstić information content (AvgIpc) is 2.57. The van der Waals surface area contributed by atoms with E-state index in [1.807, 2.05) is 6.07 Å². The highest BCUT2D eigenvalue weighted by atomic mass is 16.5. The minimum atomic E-state index is 0.136. The Kier molecular flexibility index (Phi) is 5.53. The molecular formula is C17H26N2O3. The van der Waals surface area contributed by atoms with E-state index in [1.165, 1.54) is 5.56 Å². The smallest absolute Gasteiger partial charge is 0.165 e. The van der Waals surface area contributed by atoms with Crippen LogP contribution in [0.4, 0.5) is 0 Å². The van der Waals surface area contributed by atoms with E-state index in [1.54, 1.807) is 7.11 Å². The van der Waals surface area contributed by atoms with Gasteiger partial charge in [-0.05, 0) is 18.9 Å². The fourth-order valence-corrected chi connectivity index (χ4v) is 3.10. The van der Waals surface area contributed by atoms with Crippen LogP contribution in [0, 0.1) is 0 Å². The molecule has 2 aliphatic rings. The molecule has 0 aromatic heterocycles. The monoisotopic (exact) mass is 306 g/mol. The van der Waals surface area contributed by atoms with E-state index in [9.17, 15) is 0 Å². The number of hydrogen-bond acceptors (Lipinski definition) is 5. The molecule has 0 saturated carbocycles. The Balaban J connectivity index is 1.71. The summed E-state index contributed by atoms with van der Waals surface area (Å²) in [5, 5.41) is 3.38. The molecule has 5 nitrogen and oxygen atoms in total. The number of methoxy groups -OCH3 is 1. The van der Waals surface area contributed by atoms with Crippen LogP contribution in [-0.2, 0) is 11.3 Å². The fourth-order valence-electron chi connectivity index (χ4n) is 3.10. The van der Waals surface area contributed by atoms with Crippen LogP contribution < -0.4 is 14.8 Å². The maximum Gasteiger partial charge on any atom is 0.165 e. The molecule has 0 amide bonds. The lowest BCUT2D eigenvalue weighted by Gasteiger charge is -2.29. The molecule has 1 N–H and O–H groups in total. The minimum absolute atomic E-state index is 0.136. The van der Waals surface area contributed by atoms with Crippen molar-refractivity contribution < 1.29 is 14.2 Å². The molecule has 1 unspecified atom stereocenters. The van der Waals surface area contributed by atoms with E-state index in [2.05, 4.69) is 22.3 Å². The van der Waals surface area contributed by atoms with Gasteiger partial charge in [-0.25, -0.2) is 0 Å². The van der Waals surface area contributed by atoms with Crippen LogP contribution in [0.3, 0.4) is 0 Å². The molecule has 2 fully saturated rings. The molecule has 2 heterocycles. The Morgan fingerprint density at radius 3 is 2.91 bits per heavy atom. The van der Waals surface area contributed by atoms with Crippen molar-refractivity contribution in [3.63, 3.8) is 0 Å². The number of nitrogens with one attached hydrogen (secondary N) is 1. The number of benzene rings is 1. The van der Waals surface area contributed by atoms with Crippen LogP contribution in [0.5, 0.6) is 11.5 Å². The van der Waals surface area contributed by atoms with Gasteiger partial charge in [0.15, 0.2) is 11.5 Å². The van der Waals surface area contributed by atoms with Gasteiger partial charge in [0.05, 0.1) is 13.7 Å². The zero-order valence-electron chi connectivity index (χ0n) is 13.3. The molecule has 1 aromatic carbocycles. The van der Waals surface area contributed by atoms with Gasteiger partial charge in [-0.3, -0.25) is 4.90 Å². The predicted octanol–water partition coefficient (Wildman–Crippen LogP) is 1.66. The summed E-state index contributed by atoms with van der Waals surface area (Å²) in [7, 11) is 1.72.